The number of amides is 2. The van der Waals surface area contributed by atoms with Crippen LogP contribution in [-0.2, 0) is 17.8 Å². The molecule has 0 aliphatic rings. The highest BCUT2D eigenvalue weighted by atomic mass is 35.5. The van der Waals surface area contributed by atoms with Crippen LogP contribution >= 0.6 is 11.6 Å². The quantitative estimate of drug-likeness (QED) is 0.676. The van der Waals surface area contributed by atoms with E-state index in [9.17, 15) is 4.79 Å². The maximum Gasteiger partial charge on any atom is 0.319 e. The molecule has 0 atom stereocenters. The average Bonchev–Trinajstić information content (AvgIpc) is 2.91. The summed E-state index contributed by atoms with van der Waals surface area (Å²) in [6, 6.07) is 4.83. The number of hydrogen-bond donors (Lipinski definition) is 2. The monoisotopic (exact) mass is 394 g/mol. The molecule has 1 aromatic heterocycles. The van der Waals surface area contributed by atoms with E-state index in [1.54, 1.807) is 25.3 Å². The number of nitrogens with one attached hydrogen (secondary N) is 2. The van der Waals surface area contributed by atoms with Crippen molar-refractivity contribution in [3.8, 4) is 5.75 Å². The van der Waals surface area contributed by atoms with Crippen molar-refractivity contribution in [3.05, 3.63) is 40.2 Å². The molecule has 2 aromatic rings. The molecule has 7 nitrogen and oxygen atoms in total. The zero-order valence-electron chi connectivity index (χ0n) is 16.3. The van der Waals surface area contributed by atoms with Gasteiger partial charge < -0.3 is 20.1 Å². The lowest BCUT2D eigenvalue weighted by Crippen LogP contribution is -2.28. The van der Waals surface area contributed by atoms with Gasteiger partial charge in [-0.1, -0.05) is 18.5 Å². The smallest absolute Gasteiger partial charge is 0.319 e. The number of ether oxygens (including phenoxy) is 2. The van der Waals surface area contributed by atoms with E-state index in [2.05, 4.69) is 15.7 Å². The maximum atomic E-state index is 12.4. The van der Waals surface area contributed by atoms with Gasteiger partial charge in [0.2, 0.25) is 0 Å². The van der Waals surface area contributed by atoms with E-state index in [1.165, 1.54) is 0 Å². The lowest BCUT2D eigenvalue weighted by molar-refractivity contribution is 0.182. The Labute approximate surface area is 165 Å². The SMILES string of the molecule is CCCOc1ccc(Cl)cc1NC(=O)NCc1c(C)nn(CCOC)c1C. The standard InChI is InChI=1S/C19H27ClN4O3/c1-5-9-27-18-7-6-15(20)11-17(18)22-19(25)21-12-16-13(2)23-24(14(16)3)8-10-26-4/h6-7,11H,5,8-10,12H2,1-4H3,(H2,21,22,25). The Balaban J connectivity index is 2.01. The molecule has 27 heavy (non-hydrogen) atoms. The van der Waals surface area contributed by atoms with Crippen LogP contribution in [0.1, 0.15) is 30.3 Å². The molecule has 148 valence electrons. The molecule has 0 radical (unpaired) electrons. The number of carbonyl (C=O) groups excluding carboxylic acids is 1. The van der Waals surface area contributed by atoms with E-state index in [0.717, 1.165) is 23.4 Å². The van der Waals surface area contributed by atoms with Crippen LogP contribution in [0.2, 0.25) is 5.02 Å². The van der Waals surface area contributed by atoms with Crippen LogP contribution < -0.4 is 15.4 Å². The topological polar surface area (TPSA) is 77.4 Å². The fourth-order valence-corrected chi connectivity index (χ4v) is 2.83. The van der Waals surface area contributed by atoms with E-state index in [4.69, 9.17) is 21.1 Å². The second-order valence-corrected chi connectivity index (χ2v) is 6.60. The Morgan fingerprint density at radius 3 is 2.78 bits per heavy atom. The van der Waals surface area contributed by atoms with Crippen LogP contribution in [0.4, 0.5) is 10.5 Å². The van der Waals surface area contributed by atoms with Crippen molar-refractivity contribution in [1.82, 2.24) is 15.1 Å². The normalized spacial score (nSPS) is 10.7. The molecule has 2 N–H and O–H groups in total. The number of aromatic nitrogens is 2. The predicted molar refractivity (Wildman–Crippen MR) is 107 cm³/mol. The van der Waals surface area contributed by atoms with E-state index in [-0.39, 0.29) is 6.03 Å². The first-order chi connectivity index (χ1) is 13.0. The predicted octanol–water partition coefficient (Wildman–Crippen LogP) is 3.91. The minimum absolute atomic E-state index is 0.331. The van der Waals surface area contributed by atoms with Gasteiger partial charge in [-0.25, -0.2) is 4.79 Å². The molecule has 0 unspecified atom stereocenters. The highest BCUT2D eigenvalue weighted by molar-refractivity contribution is 6.31. The molecular weight excluding hydrogens is 368 g/mol. The third-order valence-corrected chi connectivity index (χ3v) is 4.35. The number of carbonyl (C=O) groups is 1. The van der Waals surface area contributed by atoms with Crippen LogP contribution in [0.25, 0.3) is 0 Å². The van der Waals surface area contributed by atoms with Crippen molar-refractivity contribution >= 4 is 23.3 Å². The Morgan fingerprint density at radius 2 is 2.07 bits per heavy atom. The molecule has 0 fully saturated rings. The van der Waals surface area contributed by atoms with Gasteiger partial charge in [0.25, 0.3) is 0 Å². The Bertz CT molecular complexity index is 777. The zero-order chi connectivity index (χ0) is 19.8. The number of urea groups is 1. The molecule has 1 aromatic carbocycles. The van der Waals surface area contributed by atoms with Crippen LogP contribution in [0.15, 0.2) is 18.2 Å². The summed E-state index contributed by atoms with van der Waals surface area (Å²) < 4.78 is 12.6. The summed E-state index contributed by atoms with van der Waals surface area (Å²) in [5.74, 6) is 0.594. The second kappa shape index (κ2) is 10.2. The van der Waals surface area contributed by atoms with Gasteiger partial charge in [-0.3, -0.25) is 4.68 Å². The highest BCUT2D eigenvalue weighted by Crippen LogP contribution is 2.28. The fraction of sp³-hybridized carbons (Fsp3) is 0.474. The Hall–Kier alpha value is -2.25. The minimum atomic E-state index is -0.331. The van der Waals surface area contributed by atoms with E-state index >= 15 is 0 Å². The van der Waals surface area contributed by atoms with Crippen molar-refractivity contribution in [2.45, 2.75) is 40.3 Å². The maximum absolute atomic E-state index is 12.4. The molecule has 2 amide bonds. The van der Waals surface area contributed by atoms with Gasteiger partial charge >= 0.3 is 6.03 Å². The summed E-state index contributed by atoms with van der Waals surface area (Å²) in [5.41, 5.74) is 3.44. The number of benzene rings is 1. The van der Waals surface area contributed by atoms with Gasteiger partial charge in [-0.05, 0) is 38.5 Å². The van der Waals surface area contributed by atoms with E-state index in [1.807, 2.05) is 25.5 Å². The fourth-order valence-electron chi connectivity index (χ4n) is 2.66. The molecule has 0 saturated heterocycles. The molecule has 0 aliphatic carbocycles. The van der Waals surface area contributed by atoms with Crippen molar-refractivity contribution < 1.29 is 14.3 Å². The van der Waals surface area contributed by atoms with Gasteiger partial charge in [0.05, 0.1) is 31.1 Å². The Morgan fingerprint density at radius 1 is 1.30 bits per heavy atom. The first-order valence-corrected chi connectivity index (χ1v) is 9.33. The molecule has 1 heterocycles. The molecule has 8 heteroatoms. The number of anilines is 1. The minimum Gasteiger partial charge on any atom is -0.491 e. The number of nitrogens with zero attached hydrogens (tertiary/aromatic N) is 2. The van der Waals surface area contributed by atoms with Crippen molar-refractivity contribution in [2.75, 3.05) is 25.6 Å². The Kier molecular flexibility index (Phi) is 7.94. The second-order valence-electron chi connectivity index (χ2n) is 6.16. The number of methoxy groups -OCH3 is 1. The lowest BCUT2D eigenvalue weighted by atomic mass is 10.2. The molecule has 0 saturated carbocycles. The van der Waals surface area contributed by atoms with Crippen LogP contribution in [0.5, 0.6) is 5.75 Å². The molecule has 0 spiro atoms. The van der Waals surface area contributed by atoms with Crippen molar-refractivity contribution in [1.29, 1.82) is 0 Å². The van der Waals surface area contributed by atoms with Crippen molar-refractivity contribution in [3.63, 3.8) is 0 Å². The highest BCUT2D eigenvalue weighted by Gasteiger charge is 2.14. The summed E-state index contributed by atoms with van der Waals surface area (Å²) >= 11 is 6.04. The van der Waals surface area contributed by atoms with E-state index in [0.29, 0.717) is 42.8 Å². The third-order valence-electron chi connectivity index (χ3n) is 4.12. The van der Waals surface area contributed by atoms with Crippen LogP contribution in [0.3, 0.4) is 0 Å². The van der Waals surface area contributed by atoms with Gasteiger partial charge in [0.1, 0.15) is 5.75 Å². The molecular formula is C19H27ClN4O3. The van der Waals surface area contributed by atoms with Gasteiger partial charge in [-0.15, -0.1) is 0 Å². The van der Waals surface area contributed by atoms with Gasteiger partial charge in [0.15, 0.2) is 0 Å². The van der Waals surface area contributed by atoms with Crippen molar-refractivity contribution in [2.24, 2.45) is 0 Å². The van der Waals surface area contributed by atoms with Crippen LogP contribution in [0, 0.1) is 13.8 Å². The molecule has 0 bridgehead atoms. The average molecular weight is 395 g/mol. The largest absolute Gasteiger partial charge is 0.491 e. The summed E-state index contributed by atoms with van der Waals surface area (Å²) in [6.45, 7) is 8.14. The molecule has 2 rings (SSSR count). The summed E-state index contributed by atoms with van der Waals surface area (Å²) in [4.78, 5) is 12.4. The lowest BCUT2D eigenvalue weighted by Gasteiger charge is -2.13. The summed E-state index contributed by atoms with van der Waals surface area (Å²) in [6.07, 6.45) is 0.875. The number of halogens is 1. The first kappa shape index (κ1) is 21.1. The zero-order valence-corrected chi connectivity index (χ0v) is 17.0. The van der Waals surface area contributed by atoms with Gasteiger partial charge in [0, 0.05) is 29.9 Å². The van der Waals surface area contributed by atoms with E-state index < -0.39 is 0 Å². The summed E-state index contributed by atoms with van der Waals surface area (Å²) in [5, 5.41) is 10.7. The molecule has 0 aliphatic heterocycles. The number of hydrogen-bond acceptors (Lipinski definition) is 4. The summed E-state index contributed by atoms with van der Waals surface area (Å²) in [7, 11) is 1.66. The van der Waals surface area contributed by atoms with Gasteiger partial charge in [-0.2, -0.15) is 5.10 Å². The number of rotatable bonds is 9. The third kappa shape index (κ3) is 5.87. The van der Waals surface area contributed by atoms with Crippen LogP contribution in [-0.4, -0.2) is 36.1 Å². The first-order valence-electron chi connectivity index (χ1n) is 8.95. The number of aryl methyl sites for hydroxylation is 1.